The summed E-state index contributed by atoms with van der Waals surface area (Å²) in [5.74, 6) is -0.781. The highest BCUT2D eigenvalue weighted by molar-refractivity contribution is 7.17. The van der Waals surface area contributed by atoms with Gasteiger partial charge in [0.25, 0.3) is 11.8 Å². The zero-order chi connectivity index (χ0) is 27.1. The van der Waals surface area contributed by atoms with Gasteiger partial charge in [-0.3, -0.25) is 9.59 Å². The van der Waals surface area contributed by atoms with Crippen molar-refractivity contribution in [2.45, 2.75) is 45.6 Å². The molecule has 0 bridgehead atoms. The van der Waals surface area contributed by atoms with Crippen LogP contribution in [0.1, 0.15) is 63.4 Å². The number of hydrogen-bond acceptors (Lipinski definition) is 7. The monoisotopic (exact) mass is 553 g/mol. The van der Waals surface area contributed by atoms with E-state index >= 15 is 0 Å². The number of ether oxygens (including phenoxy) is 2. The fourth-order valence-corrected chi connectivity index (χ4v) is 5.48. The van der Waals surface area contributed by atoms with Gasteiger partial charge in [0.15, 0.2) is 6.10 Å². The zero-order valence-corrected chi connectivity index (χ0v) is 22.7. The molecule has 4 rings (SSSR count). The lowest BCUT2D eigenvalue weighted by atomic mass is 9.95. The van der Waals surface area contributed by atoms with E-state index in [4.69, 9.17) is 21.1 Å². The Bertz CT molecular complexity index is 1350. The van der Waals surface area contributed by atoms with Gasteiger partial charge in [-0.2, -0.15) is 5.10 Å². The zero-order valence-electron chi connectivity index (χ0n) is 21.1. The number of carbonyl (C=O) groups is 3. The molecule has 1 unspecified atom stereocenters. The van der Waals surface area contributed by atoms with E-state index in [9.17, 15) is 14.4 Å². The summed E-state index contributed by atoms with van der Waals surface area (Å²) >= 11 is 7.51. The van der Waals surface area contributed by atoms with Crippen LogP contribution in [-0.4, -0.2) is 36.7 Å². The van der Waals surface area contributed by atoms with Crippen LogP contribution in [0, 0.1) is 0 Å². The summed E-state index contributed by atoms with van der Waals surface area (Å²) in [6, 6.07) is 13.5. The van der Waals surface area contributed by atoms with E-state index in [0.29, 0.717) is 32.5 Å². The smallest absolute Gasteiger partial charge is 0.341 e. The van der Waals surface area contributed by atoms with E-state index in [1.54, 1.807) is 56.3 Å². The number of amides is 2. The number of halogens is 1. The Labute approximate surface area is 230 Å². The van der Waals surface area contributed by atoms with Crippen LogP contribution in [0.25, 0.3) is 0 Å². The quantitative estimate of drug-likeness (QED) is 0.203. The van der Waals surface area contributed by atoms with E-state index in [2.05, 4.69) is 15.8 Å². The van der Waals surface area contributed by atoms with Gasteiger partial charge >= 0.3 is 5.97 Å². The molecule has 2 aromatic carbocycles. The third kappa shape index (κ3) is 6.59. The highest BCUT2D eigenvalue weighted by Crippen LogP contribution is 2.38. The molecule has 3 aromatic rings. The number of nitrogens with zero attached hydrogens (tertiary/aromatic N) is 1. The van der Waals surface area contributed by atoms with Gasteiger partial charge in [-0.15, -0.1) is 11.3 Å². The van der Waals surface area contributed by atoms with Crippen molar-refractivity contribution in [3.05, 3.63) is 80.7 Å². The standard InChI is InChI=1S/C28H28ClN3O5S/c1-3-36-28(35)24-21-9-5-7-11-23(21)38-27(24)31-26(34)18-12-14-20(15-13-18)37-17(2)25(33)32-30-16-19-8-4-6-10-22(19)29/h4,6,8,10,12-17H,3,5,7,9,11H2,1-2H3,(H,31,34)(H,32,33)/b30-16+. The summed E-state index contributed by atoms with van der Waals surface area (Å²) in [5, 5.41) is 7.85. The predicted octanol–water partition coefficient (Wildman–Crippen LogP) is 5.63. The van der Waals surface area contributed by atoms with Crippen LogP contribution in [0.2, 0.25) is 5.02 Å². The first kappa shape index (κ1) is 27.3. The van der Waals surface area contributed by atoms with Crippen molar-refractivity contribution in [1.82, 2.24) is 5.43 Å². The third-order valence-corrected chi connectivity index (χ3v) is 7.51. The van der Waals surface area contributed by atoms with Crippen LogP contribution in [-0.2, 0) is 22.4 Å². The second-order valence-electron chi connectivity index (χ2n) is 8.63. The number of thiophene rings is 1. The van der Waals surface area contributed by atoms with Gasteiger partial charge in [-0.1, -0.05) is 29.8 Å². The van der Waals surface area contributed by atoms with Gasteiger partial charge in [-0.05, 0) is 75.4 Å². The first-order chi connectivity index (χ1) is 18.4. The maximum absolute atomic E-state index is 13.0. The number of hydrogen-bond donors (Lipinski definition) is 2. The van der Waals surface area contributed by atoms with E-state index < -0.39 is 18.0 Å². The fraction of sp³-hybridized carbons (Fsp3) is 0.286. The number of esters is 1. The average Bonchev–Trinajstić information content (AvgIpc) is 3.28. The minimum Gasteiger partial charge on any atom is -0.481 e. The highest BCUT2D eigenvalue weighted by Gasteiger charge is 2.27. The Hall–Kier alpha value is -3.69. The SMILES string of the molecule is CCOC(=O)c1c(NC(=O)c2ccc(OC(C)C(=O)N/N=C/c3ccccc3Cl)cc2)sc2c1CCCC2. The number of benzene rings is 2. The predicted molar refractivity (Wildman–Crippen MR) is 149 cm³/mol. The van der Waals surface area contributed by atoms with Gasteiger partial charge in [-0.25, -0.2) is 10.2 Å². The Morgan fingerprint density at radius 3 is 2.58 bits per heavy atom. The normalized spacial score (nSPS) is 13.4. The Balaban J connectivity index is 1.37. The van der Waals surface area contributed by atoms with Gasteiger partial charge in [0.2, 0.25) is 0 Å². The molecule has 10 heteroatoms. The minimum atomic E-state index is -0.831. The van der Waals surface area contributed by atoms with Crippen molar-refractivity contribution >= 4 is 51.9 Å². The summed E-state index contributed by atoms with van der Waals surface area (Å²) in [7, 11) is 0. The lowest BCUT2D eigenvalue weighted by Crippen LogP contribution is -2.33. The molecule has 1 heterocycles. The van der Waals surface area contributed by atoms with Gasteiger partial charge in [0, 0.05) is 21.0 Å². The molecule has 0 radical (unpaired) electrons. The van der Waals surface area contributed by atoms with E-state index in [1.165, 1.54) is 17.6 Å². The molecule has 198 valence electrons. The van der Waals surface area contributed by atoms with E-state index in [0.717, 1.165) is 36.1 Å². The van der Waals surface area contributed by atoms with Crippen molar-refractivity contribution in [3.63, 3.8) is 0 Å². The van der Waals surface area contributed by atoms with Crippen LogP contribution in [0.3, 0.4) is 0 Å². The summed E-state index contributed by atoms with van der Waals surface area (Å²) in [6.07, 6.45) is 4.40. The molecule has 1 atom stereocenters. The summed E-state index contributed by atoms with van der Waals surface area (Å²) in [5.41, 5.74) is 4.95. The van der Waals surface area contributed by atoms with Crippen LogP contribution >= 0.6 is 22.9 Å². The number of aryl methyl sites for hydroxylation is 1. The molecule has 0 saturated carbocycles. The molecule has 1 aliphatic carbocycles. The molecule has 2 amide bonds. The first-order valence-corrected chi connectivity index (χ1v) is 13.5. The average molecular weight is 554 g/mol. The van der Waals surface area contributed by atoms with E-state index in [1.807, 2.05) is 6.07 Å². The lowest BCUT2D eigenvalue weighted by molar-refractivity contribution is -0.127. The summed E-state index contributed by atoms with van der Waals surface area (Å²) in [6.45, 7) is 3.62. The number of hydrazone groups is 1. The number of fused-ring (bicyclic) bond motifs is 1. The van der Waals surface area contributed by atoms with Gasteiger partial charge < -0.3 is 14.8 Å². The molecule has 1 aliphatic rings. The second-order valence-corrected chi connectivity index (χ2v) is 10.1. The van der Waals surface area contributed by atoms with Gasteiger partial charge in [0.1, 0.15) is 10.8 Å². The molecule has 0 spiro atoms. The number of carbonyl (C=O) groups excluding carboxylic acids is 3. The Morgan fingerprint density at radius 1 is 1.11 bits per heavy atom. The summed E-state index contributed by atoms with van der Waals surface area (Å²) in [4.78, 5) is 39.1. The molecule has 2 N–H and O–H groups in total. The topological polar surface area (TPSA) is 106 Å². The summed E-state index contributed by atoms with van der Waals surface area (Å²) < 4.78 is 10.9. The fourth-order valence-electron chi connectivity index (χ4n) is 4.03. The third-order valence-electron chi connectivity index (χ3n) is 5.96. The lowest BCUT2D eigenvalue weighted by Gasteiger charge is -2.13. The molecule has 0 aliphatic heterocycles. The Kier molecular flexibility index (Phi) is 9.15. The van der Waals surface area contributed by atoms with E-state index in [-0.39, 0.29) is 12.5 Å². The van der Waals surface area contributed by atoms with Crippen molar-refractivity contribution in [1.29, 1.82) is 0 Å². The number of anilines is 1. The number of rotatable bonds is 9. The molecule has 1 aromatic heterocycles. The van der Waals surface area contributed by atoms with Crippen molar-refractivity contribution < 1.29 is 23.9 Å². The first-order valence-electron chi connectivity index (χ1n) is 12.3. The number of nitrogens with one attached hydrogen (secondary N) is 2. The maximum Gasteiger partial charge on any atom is 0.341 e. The Morgan fingerprint density at radius 2 is 1.84 bits per heavy atom. The van der Waals surface area contributed by atoms with Crippen LogP contribution in [0.4, 0.5) is 5.00 Å². The molecule has 0 fully saturated rings. The van der Waals surface area contributed by atoms with Gasteiger partial charge in [0.05, 0.1) is 18.4 Å². The van der Waals surface area contributed by atoms with Crippen molar-refractivity contribution in [2.75, 3.05) is 11.9 Å². The van der Waals surface area contributed by atoms with Crippen LogP contribution in [0.5, 0.6) is 5.75 Å². The second kappa shape index (κ2) is 12.7. The largest absolute Gasteiger partial charge is 0.481 e. The molecule has 0 saturated heterocycles. The van der Waals surface area contributed by atoms with Crippen LogP contribution in [0.15, 0.2) is 53.6 Å². The minimum absolute atomic E-state index is 0.266. The maximum atomic E-state index is 13.0. The highest BCUT2D eigenvalue weighted by atomic mass is 35.5. The molecule has 8 nitrogen and oxygen atoms in total. The van der Waals surface area contributed by atoms with Crippen molar-refractivity contribution in [3.8, 4) is 5.75 Å². The molecule has 38 heavy (non-hydrogen) atoms. The van der Waals surface area contributed by atoms with Crippen LogP contribution < -0.4 is 15.5 Å². The molecular formula is C28H28ClN3O5S. The molecular weight excluding hydrogens is 526 g/mol. The van der Waals surface area contributed by atoms with Crippen molar-refractivity contribution in [2.24, 2.45) is 5.10 Å².